The van der Waals surface area contributed by atoms with E-state index in [9.17, 15) is 18.7 Å². The average molecular weight is 471 g/mol. The van der Waals surface area contributed by atoms with E-state index >= 15 is 4.39 Å². The molecule has 3 aromatic rings. The lowest BCUT2D eigenvalue weighted by Gasteiger charge is -2.47. The van der Waals surface area contributed by atoms with Crippen molar-refractivity contribution in [1.29, 1.82) is 0 Å². The van der Waals surface area contributed by atoms with E-state index in [1.165, 1.54) is 40.7 Å². The molecule has 0 amide bonds. The third kappa shape index (κ3) is 5.61. The highest BCUT2D eigenvalue weighted by Gasteiger charge is 2.51. The van der Waals surface area contributed by atoms with Crippen LogP contribution in [0.3, 0.4) is 0 Å². The van der Waals surface area contributed by atoms with Crippen LogP contribution < -0.4 is 4.89 Å². The van der Waals surface area contributed by atoms with Crippen LogP contribution in [0.15, 0.2) is 43.5 Å². The fourth-order valence-electron chi connectivity index (χ4n) is 4.00. The third-order valence-electron chi connectivity index (χ3n) is 5.26. The minimum atomic E-state index is -5.09. The van der Waals surface area contributed by atoms with E-state index in [2.05, 4.69) is 20.2 Å². The van der Waals surface area contributed by atoms with E-state index in [1.807, 2.05) is 0 Å². The molecule has 0 aliphatic rings. The van der Waals surface area contributed by atoms with Crippen LogP contribution in [0.4, 0.5) is 8.78 Å². The lowest BCUT2D eigenvalue weighted by Crippen LogP contribution is -2.62. The van der Waals surface area contributed by atoms with Crippen molar-refractivity contribution in [3.63, 3.8) is 0 Å². The standard InChI is InChI=1S/C18H24F2N7O4P/c1-27(2,3)17(7-31-32(28,29)30)18(8-25-12-21-10-23-25,9-26-13-22-11-24-26)15-5-4-14(19)6-16(15)20/h4-6,10-13,17H,7-9H2,1-3H3,(H-,28,29,30). The first-order valence-corrected chi connectivity index (χ1v) is 11.0. The molecule has 0 bridgehead atoms. The van der Waals surface area contributed by atoms with Crippen LogP contribution >= 0.6 is 7.82 Å². The maximum absolute atomic E-state index is 15.3. The van der Waals surface area contributed by atoms with E-state index in [1.54, 1.807) is 21.1 Å². The van der Waals surface area contributed by atoms with Crippen molar-refractivity contribution in [3.8, 4) is 0 Å². The number of hydrogen-bond donors (Lipinski definition) is 1. The quantitative estimate of drug-likeness (QED) is 0.331. The highest BCUT2D eigenvalue weighted by atomic mass is 31.2. The summed E-state index contributed by atoms with van der Waals surface area (Å²) in [6.45, 7) is -0.484. The molecule has 2 unspecified atom stereocenters. The van der Waals surface area contributed by atoms with Gasteiger partial charge in [0.15, 0.2) is 0 Å². The molecule has 2 aromatic heterocycles. The van der Waals surface area contributed by atoms with Gasteiger partial charge < -0.3 is 18.8 Å². The maximum Gasteiger partial charge on any atom is 0.265 e. The molecule has 1 aromatic carbocycles. The molecule has 0 radical (unpaired) electrons. The first-order valence-electron chi connectivity index (χ1n) is 9.50. The molecule has 1 N–H and O–H groups in total. The van der Waals surface area contributed by atoms with Gasteiger partial charge in [-0.1, -0.05) is 6.07 Å². The van der Waals surface area contributed by atoms with Crippen LogP contribution in [0.1, 0.15) is 5.56 Å². The molecule has 11 nitrogen and oxygen atoms in total. The van der Waals surface area contributed by atoms with Gasteiger partial charge in [-0.2, -0.15) is 10.2 Å². The summed E-state index contributed by atoms with van der Waals surface area (Å²) in [6, 6.07) is 2.38. The molecule has 2 heterocycles. The molecule has 0 saturated heterocycles. The van der Waals surface area contributed by atoms with Gasteiger partial charge in [0.05, 0.1) is 39.6 Å². The summed E-state index contributed by atoms with van der Waals surface area (Å²) in [6.07, 6.45) is 5.46. The molecular weight excluding hydrogens is 447 g/mol. The third-order valence-corrected chi connectivity index (χ3v) is 5.73. The molecule has 0 saturated carbocycles. The van der Waals surface area contributed by atoms with Crippen LogP contribution in [-0.2, 0) is 27.6 Å². The Labute approximate surface area is 183 Å². The van der Waals surface area contributed by atoms with E-state index < -0.39 is 37.5 Å². The van der Waals surface area contributed by atoms with Gasteiger partial charge in [-0.3, -0.25) is 13.9 Å². The Morgan fingerprint density at radius 1 is 1.16 bits per heavy atom. The molecular formula is C18H24F2N7O4P. The smallest absolute Gasteiger partial charge is 0.265 e. The van der Waals surface area contributed by atoms with Gasteiger partial charge in [0, 0.05) is 11.6 Å². The predicted octanol–water partition coefficient (Wildman–Crippen LogP) is 0.338. The number of halogens is 2. The second kappa shape index (κ2) is 9.12. The molecule has 0 aliphatic carbocycles. The Kier molecular flexibility index (Phi) is 6.86. The molecule has 3 rings (SSSR count). The van der Waals surface area contributed by atoms with E-state index in [-0.39, 0.29) is 23.1 Å². The Morgan fingerprint density at radius 3 is 2.12 bits per heavy atom. The van der Waals surface area contributed by atoms with Gasteiger partial charge in [0.25, 0.3) is 7.82 Å². The summed E-state index contributed by atoms with van der Waals surface area (Å²) in [5, 5.41) is 8.25. The van der Waals surface area contributed by atoms with Crippen LogP contribution in [0, 0.1) is 11.6 Å². The van der Waals surface area contributed by atoms with Crippen molar-refractivity contribution in [2.75, 3.05) is 27.7 Å². The zero-order chi connectivity index (χ0) is 23.6. The Balaban J connectivity index is 2.26. The SMILES string of the molecule is C[N+](C)(C)C(COP(=O)([O-])O)C(Cn1cncn1)(Cn1cncn1)c1ccc(F)cc1F. The summed E-state index contributed by atoms with van der Waals surface area (Å²) < 4.78 is 48.3. The Morgan fingerprint density at radius 2 is 1.72 bits per heavy atom. The summed E-state index contributed by atoms with van der Waals surface area (Å²) in [5.41, 5.74) is -1.21. The van der Waals surface area contributed by atoms with E-state index in [4.69, 9.17) is 4.52 Å². The summed E-state index contributed by atoms with van der Waals surface area (Å²) in [5.74, 6) is -1.60. The fourth-order valence-corrected chi connectivity index (χ4v) is 4.33. The average Bonchev–Trinajstić information content (AvgIpc) is 3.33. The van der Waals surface area contributed by atoms with Gasteiger partial charge in [0.2, 0.25) is 0 Å². The van der Waals surface area contributed by atoms with Crippen molar-refractivity contribution >= 4 is 7.82 Å². The highest BCUT2D eigenvalue weighted by Crippen LogP contribution is 2.41. The van der Waals surface area contributed by atoms with E-state index in [0.29, 0.717) is 0 Å². The normalized spacial score (nSPS) is 15.5. The van der Waals surface area contributed by atoms with Gasteiger partial charge >= 0.3 is 0 Å². The number of phosphoric acid groups is 1. The monoisotopic (exact) mass is 471 g/mol. The lowest BCUT2D eigenvalue weighted by molar-refractivity contribution is -0.902. The molecule has 0 spiro atoms. The van der Waals surface area contributed by atoms with Gasteiger partial charge in [-0.25, -0.2) is 18.7 Å². The summed E-state index contributed by atoms with van der Waals surface area (Å²) in [4.78, 5) is 28.6. The Bertz CT molecular complexity index is 1030. The highest BCUT2D eigenvalue weighted by molar-refractivity contribution is 7.44. The van der Waals surface area contributed by atoms with Crippen molar-refractivity contribution in [1.82, 2.24) is 29.5 Å². The molecule has 14 heteroatoms. The van der Waals surface area contributed by atoms with Crippen LogP contribution in [0.5, 0.6) is 0 Å². The number of likely N-dealkylation sites (N-methyl/N-ethyl adjacent to an activating group) is 1. The topological polar surface area (TPSA) is 131 Å². The van der Waals surface area contributed by atoms with Crippen LogP contribution in [0.25, 0.3) is 0 Å². The van der Waals surface area contributed by atoms with Crippen LogP contribution in [-0.4, -0.2) is 72.7 Å². The van der Waals surface area contributed by atoms with Crippen molar-refractivity contribution in [2.45, 2.75) is 24.5 Å². The first kappa shape index (κ1) is 24.1. The number of aromatic nitrogens is 6. The second-order valence-electron chi connectivity index (χ2n) is 8.36. The summed E-state index contributed by atoms with van der Waals surface area (Å²) >= 11 is 0. The van der Waals surface area contributed by atoms with Crippen molar-refractivity contribution in [3.05, 3.63) is 60.7 Å². The largest absolute Gasteiger partial charge is 0.756 e. The number of benzene rings is 1. The molecule has 0 aliphatic heterocycles. The van der Waals surface area contributed by atoms with Crippen molar-refractivity contribution < 1.29 is 32.1 Å². The number of phosphoric ester groups is 1. The first-order chi connectivity index (χ1) is 14.9. The Hall–Kier alpha value is -2.57. The zero-order valence-electron chi connectivity index (χ0n) is 17.7. The van der Waals surface area contributed by atoms with Crippen LogP contribution in [0.2, 0.25) is 0 Å². The van der Waals surface area contributed by atoms with E-state index in [0.717, 1.165) is 12.1 Å². The van der Waals surface area contributed by atoms with Gasteiger partial charge in [0.1, 0.15) is 49.6 Å². The number of nitrogens with zero attached hydrogens (tertiary/aromatic N) is 7. The molecule has 2 atom stereocenters. The number of hydrogen-bond acceptors (Lipinski definition) is 7. The zero-order valence-corrected chi connectivity index (χ0v) is 18.6. The minimum absolute atomic E-state index is 0.00749. The second-order valence-corrected chi connectivity index (χ2v) is 9.56. The molecule has 174 valence electrons. The van der Waals surface area contributed by atoms with Crippen molar-refractivity contribution in [2.24, 2.45) is 0 Å². The molecule has 32 heavy (non-hydrogen) atoms. The van der Waals surface area contributed by atoms with Gasteiger partial charge in [-0.15, -0.1) is 0 Å². The molecule has 0 fully saturated rings. The lowest BCUT2D eigenvalue weighted by atomic mass is 9.72. The number of rotatable bonds is 10. The minimum Gasteiger partial charge on any atom is -0.756 e. The number of quaternary nitrogens is 1. The van der Waals surface area contributed by atoms with Gasteiger partial charge in [-0.05, 0) is 6.07 Å². The fraction of sp³-hybridized carbons (Fsp3) is 0.444. The summed E-state index contributed by atoms with van der Waals surface area (Å²) in [7, 11) is 0.197. The maximum atomic E-state index is 15.3. The predicted molar refractivity (Wildman–Crippen MR) is 106 cm³/mol.